The Morgan fingerprint density at radius 1 is 1.25 bits per heavy atom. The highest BCUT2D eigenvalue weighted by molar-refractivity contribution is 4.97. The number of nitrogens with zero attached hydrogens (tertiary/aromatic N) is 1. The highest BCUT2D eigenvalue weighted by Gasteiger charge is 2.41. The van der Waals surface area contributed by atoms with Crippen LogP contribution in [0.25, 0.3) is 0 Å². The SMILES string of the molecule is CN1CCC2(CCC[C@H]2N)CC1. The molecule has 2 fully saturated rings. The van der Waals surface area contributed by atoms with Crippen molar-refractivity contribution in [3.63, 3.8) is 0 Å². The summed E-state index contributed by atoms with van der Waals surface area (Å²) in [5.74, 6) is 0. The van der Waals surface area contributed by atoms with E-state index in [4.69, 9.17) is 5.73 Å². The zero-order valence-electron chi connectivity index (χ0n) is 8.05. The van der Waals surface area contributed by atoms with Gasteiger partial charge in [0.15, 0.2) is 0 Å². The van der Waals surface area contributed by atoms with Gasteiger partial charge >= 0.3 is 0 Å². The Labute approximate surface area is 75.1 Å². The number of nitrogens with two attached hydrogens (primary N) is 1. The molecule has 2 aliphatic rings. The van der Waals surface area contributed by atoms with E-state index in [1.807, 2.05) is 0 Å². The summed E-state index contributed by atoms with van der Waals surface area (Å²) in [6.07, 6.45) is 6.70. The molecule has 1 heterocycles. The van der Waals surface area contributed by atoms with Gasteiger partial charge in [0.25, 0.3) is 0 Å². The second-order valence-electron chi connectivity index (χ2n) is 4.66. The van der Waals surface area contributed by atoms with E-state index in [0.717, 1.165) is 0 Å². The summed E-state index contributed by atoms with van der Waals surface area (Å²) in [6.45, 7) is 2.52. The summed E-state index contributed by atoms with van der Waals surface area (Å²) in [5.41, 5.74) is 6.72. The molecular weight excluding hydrogens is 148 g/mol. The molecule has 2 heteroatoms. The van der Waals surface area contributed by atoms with Gasteiger partial charge in [0.2, 0.25) is 0 Å². The van der Waals surface area contributed by atoms with Crippen LogP contribution in [0.3, 0.4) is 0 Å². The predicted molar refractivity (Wildman–Crippen MR) is 51.0 cm³/mol. The standard InChI is InChI=1S/C10H20N2/c1-12-7-5-10(6-8-12)4-2-3-9(10)11/h9H,2-8,11H2,1H3/t9-/m1/s1. The molecule has 1 aliphatic heterocycles. The summed E-state index contributed by atoms with van der Waals surface area (Å²) < 4.78 is 0. The average Bonchev–Trinajstić information content (AvgIpc) is 2.41. The van der Waals surface area contributed by atoms with Gasteiger partial charge in [0.05, 0.1) is 0 Å². The molecule has 1 saturated carbocycles. The van der Waals surface area contributed by atoms with E-state index in [1.54, 1.807) is 0 Å². The highest BCUT2D eigenvalue weighted by atomic mass is 15.1. The highest BCUT2D eigenvalue weighted by Crippen LogP contribution is 2.44. The maximum absolute atomic E-state index is 6.17. The molecule has 1 aliphatic carbocycles. The van der Waals surface area contributed by atoms with Gasteiger partial charge in [-0.1, -0.05) is 6.42 Å². The monoisotopic (exact) mass is 168 g/mol. The number of piperidine rings is 1. The molecule has 0 amide bonds. The molecule has 2 rings (SSSR count). The molecule has 1 atom stereocenters. The first-order valence-electron chi connectivity index (χ1n) is 5.17. The number of hydrogen-bond acceptors (Lipinski definition) is 2. The lowest BCUT2D eigenvalue weighted by Crippen LogP contribution is -2.45. The molecule has 70 valence electrons. The first-order chi connectivity index (χ1) is 5.73. The summed E-state index contributed by atoms with van der Waals surface area (Å²) in [7, 11) is 2.22. The number of rotatable bonds is 0. The van der Waals surface area contributed by atoms with Crippen LogP contribution in [0.4, 0.5) is 0 Å². The first kappa shape index (κ1) is 8.52. The number of likely N-dealkylation sites (tertiary alicyclic amines) is 1. The van der Waals surface area contributed by atoms with Crippen molar-refractivity contribution in [2.75, 3.05) is 20.1 Å². The van der Waals surface area contributed by atoms with Gasteiger partial charge in [-0.25, -0.2) is 0 Å². The van der Waals surface area contributed by atoms with Crippen molar-refractivity contribution in [3.05, 3.63) is 0 Å². The van der Waals surface area contributed by atoms with Gasteiger partial charge in [-0.05, 0) is 51.2 Å². The van der Waals surface area contributed by atoms with Gasteiger partial charge in [-0.3, -0.25) is 0 Å². The molecule has 0 bridgehead atoms. The average molecular weight is 168 g/mol. The van der Waals surface area contributed by atoms with E-state index in [0.29, 0.717) is 11.5 Å². The maximum Gasteiger partial charge on any atom is 0.00965 e. The van der Waals surface area contributed by atoms with Gasteiger partial charge < -0.3 is 10.6 Å². The Kier molecular flexibility index (Phi) is 2.13. The summed E-state index contributed by atoms with van der Waals surface area (Å²) >= 11 is 0. The molecule has 1 spiro atoms. The van der Waals surface area contributed by atoms with Crippen LogP contribution >= 0.6 is 0 Å². The summed E-state index contributed by atoms with van der Waals surface area (Å²) in [5, 5.41) is 0. The van der Waals surface area contributed by atoms with Crippen LogP contribution in [-0.4, -0.2) is 31.1 Å². The molecule has 12 heavy (non-hydrogen) atoms. The second kappa shape index (κ2) is 3.00. The van der Waals surface area contributed by atoms with Crippen molar-refractivity contribution in [2.24, 2.45) is 11.1 Å². The fraction of sp³-hybridized carbons (Fsp3) is 1.00. The lowest BCUT2D eigenvalue weighted by atomic mass is 9.74. The van der Waals surface area contributed by atoms with Gasteiger partial charge in [0.1, 0.15) is 0 Å². The molecule has 0 aromatic heterocycles. The van der Waals surface area contributed by atoms with E-state index >= 15 is 0 Å². The van der Waals surface area contributed by atoms with Crippen LogP contribution in [0.15, 0.2) is 0 Å². The van der Waals surface area contributed by atoms with Crippen molar-refractivity contribution >= 4 is 0 Å². The van der Waals surface area contributed by atoms with Crippen molar-refractivity contribution < 1.29 is 0 Å². The zero-order valence-corrected chi connectivity index (χ0v) is 8.05. The fourth-order valence-corrected chi connectivity index (χ4v) is 2.85. The van der Waals surface area contributed by atoms with E-state index in [2.05, 4.69) is 11.9 Å². The zero-order chi connectivity index (χ0) is 8.60. The summed E-state index contributed by atoms with van der Waals surface area (Å²) in [4.78, 5) is 2.43. The third-order valence-corrected chi connectivity index (χ3v) is 3.96. The minimum absolute atomic E-state index is 0.506. The van der Waals surface area contributed by atoms with Crippen LogP contribution in [0, 0.1) is 5.41 Å². The first-order valence-corrected chi connectivity index (χ1v) is 5.17. The lowest BCUT2D eigenvalue weighted by molar-refractivity contribution is 0.112. The minimum Gasteiger partial charge on any atom is -0.327 e. The van der Waals surface area contributed by atoms with E-state index in [9.17, 15) is 0 Å². The third-order valence-electron chi connectivity index (χ3n) is 3.96. The molecule has 0 unspecified atom stereocenters. The van der Waals surface area contributed by atoms with Crippen molar-refractivity contribution in [1.29, 1.82) is 0 Å². The fourth-order valence-electron chi connectivity index (χ4n) is 2.85. The van der Waals surface area contributed by atoms with Crippen LogP contribution < -0.4 is 5.73 Å². The molecule has 0 radical (unpaired) electrons. The Morgan fingerprint density at radius 2 is 1.92 bits per heavy atom. The Morgan fingerprint density at radius 3 is 2.42 bits per heavy atom. The Bertz CT molecular complexity index is 159. The third kappa shape index (κ3) is 1.27. The maximum atomic E-state index is 6.17. The van der Waals surface area contributed by atoms with Crippen LogP contribution in [0.5, 0.6) is 0 Å². The van der Waals surface area contributed by atoms with Crippen molar-refractivity contribution in [1.82, 2.24) is 4.90 Å². The largest absolute Gasteiger partial charge is 0.327 e. The minimum atomic E-state index is 0.506. The van der Waals surface area contributed by atoms with Crippen LogP contribution in [0.1, 0.15) is 32.1 Å². The Hall–Kier alpha value is -0.0800. The molecule has 2 N–H and O–H groups in total. The topological polar surface area (TPSA) is 29.3 Å². The van der Waals surface area contributed by atoms with E-state index in [1.165, 1.54) is 45.2 Å². The molecule has 0 aromatic rings. The number of hydrogen-bond donors (Lipinski definition) is 1. The van der Waals surface area contributed by atoms with E-state index < -0.39 is 0 Å². The molecule has 0 aromatic carbocycles. The quantitative estimate of drug-likeness (QED) is 0.589. The summed E-state index contributed by atoms with van der Waals surface area (Å²) in [6, 6.07) is 0.506. The molecular formula is C10H20N2. The van der Waals surface area contributed by atoms with Crippen molar-refractivity contribution in [2.45, 2.75) is 38.1 Å². The Balaban J connectivity index is 2.02. The molecule has 1 saturated heterocycles. The van der Waals surface area contributed by atoms with Gasteiger partial charge in [-0.2, -0.15) is 0 Å². The second-order valence-corrected chi connectivity index (χ2v) is 4.66. The predicted octanol–water partition coefficient (Wildman–Crippen LogP) is 1.21. The van der Waals surface area contributed by atoms with Crippen LogP contribution in [-0.2, 0) is 0 Å². The van der Waals surface area contributed by atoms with Crippen molar-refractivity contribution in [3.8, 4) is 0 Å². The molecule has 2 nitrogen and oxygen atoms in total. The lowest BCUT2D eigenvalue weighted by Gasteiger charge is -2.40. The smallest absolute Gasteiger partial charge is 0.00965 e. The van der Waals surface area contributed by atoms with Crippen LogP contribution in [0.2, 0.25) is 0 Å². The normalized spacial score (nSPS) is 36.0. The van der Waals surface area contributed by atoms with Gasteiger partial charge in [0, 0.05) is 6.04 Å². The van der Waals surface area contributed by atoms with Gasteiger partial charge in [-0.15, -0.1) is 0 Å². The van der Waals surface area contributed by atoms with E-state index in [-0.39, 0.29) is 0 Å².